The van der Waals surface area contributed by atoms with Crippen molar-refractivity contribution in [1.29, 1.82) is 0 Å². The Hall–Kier alpha value is -0.850. The fraction of sp³-hybridized carbons (Fsp3) is 0.500. The molecule has 1 aliphatic rings. The number of hydrogen-bond acceptors (Lipinski definition) is 2. The van der Waals surface area contributed by atoms with Crippen LogP contribution in [0.3, 0.4) is 0 Å². The molecule has 2 atom stereocenters. The molecule has 0 N–H and O–H groups in total. The summed E-state index contributed by atoms with van der Waals surface area (Å²) in [6.07, 6.45) is 9.59. The monoisotopic (exact) mass is 343 g/mol. The second-order valence-electron chi connectivity index (χ2n) is 4.68. The van der Waals surface area contributed by atoms with Gasteiger partial charge in [-0.3, -0.25) is 0 Å². The molecule has 0 bridgehead atoms. The Bertz CT molecular complexity index is 516. The third-order valence-corrected chi connectivity index (χ3v) is 6.07. The van der Waals surface area contributed by atoms with Crippen molar-refractivity contribution in [3.05, 3.63) is 33.9 Å². The molecule has 0 spiro atoms. The van der Waals surface area contributed by atoms with E-state index in [-0.39, 0.29) is 21.2 Å². The molecular weight excluding hydrogens is 327 g/mol. The molecule has 2 aromatic heterocycles. The Morgan fingerprint density at radius 3 is 2.88 bits per heavy atom. The molecule has 2 unspecified atom stereocenters. The van der Waals surface area contributed by atoms with Gasteiger partial charge in [0.1, 0.15) is 0 Å². The normalized spacial score (nSPS) is 23.2. The van der Waals surface area contributed by atoms with Gasteiger partial charge in [-0.1, -0.05) is 0 Å². The van der Waals surface area contributed by atoms with Gasteiger partial charge in [0.2, 0.25) is 0 Å². The average Bonchev–Trinajstić information content (AvgIpc) is 2.75. The van der Waals surface area contributed by atoms with Crippen LogP contribution in [0.25, 0.3) is 0 Å². The molecular formula is C12H16IN4-. The van der Waals surface area contributed by atoms with Crippen LogP contribution in [0.4, 0.5) is 0 Å². The van der Waals surface area contributed by atoms with Crippen molar-refractivity contribution >= 4 is 0 Å². The summed E-state index contributed by atoms with van der Waals surface area (Å²) >= 11 is 0.133. The summed E-state index contributed by atoms with van der Waals surface area (Å²) < 4.78 is 6.85. The van der Waals surface area contributed by atoms with Gasteiger partial charge in [-0.05, 0) is 0 Å². The predicted octanol–water partition coefficient (Wildman–Crippen LogP) is -1.56. The number of halogens is 1. The van der Waals surface area contributed by atoms with Crippen molar-refractivity contribution in [1.82, 2.24) is 19.6 Å². The van der Waals surface area contributed by atoms with Crippen molar-refractivity contribution < 1.29 is 21.2 Å². The Morgan fingerprint density at radius 1 is 1.35 bits per heavy atom. The minimum atomic E-state index is 0.133. The first-order valence-corrected chi connectivity index (χ1v) is 8.41. The van der Waals surface area contributed by atoms with Crippen LogP contribution in [0.1, 0.15) is 18.0 Å². The van der Waals surface area contributed by atoms with Gasteiger partial charge in [0, 0.05) is 0 Å². The molecule has 5 heteroatoms. The van der Waals surface area contributed by atoms with Gasteiger partial charge in [0.15, 0.2) is 0 Å². The van der Waals surface area contributed by atoms with Gasteiger partial charge in [-0.2, -0.15) is 0 Å². The average molecular weight is 343 g/mol. The molecule has 0 aliphatic heterocycles. The van der Waals surface area contributed by atoms with Crippen LogP contribution < -0.4 is 21.2 Å². The van der Waals surface area contributed by atoms with Crippen LogP contribution in [0, 0.1) is 16.4 Å². The van der Waals surface area contributed by atoms with Crippen LogP contribution in [0.2, 0.25) is 0 Å². The molecule has 0 saturated heterocycles. The molecule has 2 aromatic rings. The van der Waals surface area contributed by atoms with E-state index < -0.39 is 0 Å². The SMILES string of the molecule is Cc1cnn(C2CC2C[I-]c2cnn(C)c2)c1. The fourth-order valence-corrected chi connectivity index (χ4v) is 4.93. The Morgan fingerprint density at radius 2 is 2.24 bits per heavy atom. The molecule has 1 aliphatic carbocycles. The first kappa shape index (κ1) is 11.3. The summed E-state index contributed by atoms with van der Waals surface area (Å²) in [5, 5.41) is 8.62. The van der Waals surface area contributed by atoms with E-state index in [9.17, 15) is 0 Å². The number of aryl methyl sites for hydroxylation is 2. The summed E-state index contributed by atoms with van der Waals surface area (Å²) in [7, 11) is 1.99. The van der Waals surface area contributed by atoms with E-state index in [2.05, 4.69) is 34.2 Å². The van der Waals surface area contributed by atoms with Crippen molar-refractivity contribution in [3.8, 4) is 0 Å². The van der Waals surface area contributed by atoms with Gasteiger partial charge in [-0.25, -0.2) is 0 Å². The number of alkyl halides is 1. The third kappa shape index (κ3) is 2.53. The number of nitrogens with zero attached hydrogens (tertiary/aromatic N) is 4. The molecule has 3 rings (SSSR count). The molecule has 0 aromatic carbocycles. The summed E-state index contributed by atoms with van der Waals surface area (Å²) in [4.78, 5) is 0. The first-order chi connectivity index (χ1) is 8.22. The maximum absolute atomic E-state index is 4.40. The van der Waals surface area contributed by atoms with E-state index in [4.69, 9.17) is 0 Å². The van der Waals surface area contributed by atoms with E-state index in [1.807, 2.05) is 24.1 Å². The fourth-order valence-electron chi connectivity index (χ4n) is 1.98. The zero-order valence-electron chi connectivity index (χ0n) is 10.0. The third-order valence-electron chi connectivity index (χ3n) is 3.06. The van der Waals surface area contributed by atoms with Crippen LogP contribution in [-0.2, 0) is 7.05 Å². The number of hydrogen-bond donors (Lipinski definition) is 0. The van der Waals surface area contributed by atoms with Crippen molar-refractivity contribution in [2.24, 2.45) is 13.0 Å². The van der Waals surface area contributed by atoms with Crippen LogP contribution in [0.5, 0.6) is 0 Å². The standard InChI is InChI=1S/C12H16IN4/c1-9-5-15-17(7-9)12-3-10(12)4-13-11-6-14-16(2)8-11/h5-8,10,12H,3-4H2,1-2H3/q-1. The van der Waals surface area contributed by atoms with E-state index in [0.29, 0.717) is 6.04 Å². The minimum absolute atomic E-state index is 0.133. The van der Waals surface area contributed by atoms with Gasteiger partial charge in [0.05, 0.1) is 0 Å². The summed E-state index contributed by atoms with van der Waals surface area (Å²) in [5.41, 5.74) is 1.26. The van der Waals surface area contributed by atoms with Gasteiger partial charge in [0.25, 0.3) is 0 Å². The van der Waals surface area contributed by atoms with Crippen molar-refractivity contribution in [3.63, 3.8) is 0 Å². The van der Waals surface area contributed by atoms with Gasteiger partial charge in [-0.15, -0.1) is 0 Å². The second-order valence-corrected chi connectivity index (χ2v) is 7.57. The summed E-state index contributed by atoms with van der Waals surface area (Å²) in [6.45, 7) is 2.10. The van der Waals surface area contributed by atoms with Crippen molar-refractivity contribution in [2.45, 2.75) is 19.4 Å². The molecule has 17 heavy (non-hydrogen) atoms. The topological polar surface area (TPSA) is 35.6 Å². The summed E-state index contributed by atoms with van der Waals surface area (Å²) in [5.74, 6) is 0.849. The molecule has 0 radical (unpaired) electrons. The molecule has 2 heterocycles. The number of aromatic nitrogens is 4. The predicted molar refractivity (Wildman–Crippen MR) is 60.9 cm³/mol. The zero-order chi connectivity index (χ0) is 11.8. The van der Waals surface area contributed by atoms with E-state index in [1.165, 1.54) is 20.0 Å². The first-order valence-electron chi connectivity index (χ1n) is 5.81. The molecule has 1 saturated carbocycles. The molecule has 0 amide bonds. The molecule has 92 valence electrons. The quantitative estimate of drug-likeness (QED) is 0.498. The van der Waals surface area contributed by atoms with E-state index >= 15 is 0 Å². The molecule has 1 fully saturated rings. The van der Waals surface area contributed by atoms with Crippen LogP contribution >= 0.6 is 0 Å². The van der Waals surface area contributed by atoms with E-state index in [0.717, 1.165) is 5.92 Å². The van der Waals surface area contributed by atoms with Crippen LogP contribution in [0.15, 0.2) is 24.8 Å². The molecule has 4 nitrogen and oxygen atoms in total. The summed E-state index contributed by atoms with van der Waals surface area (Å²) in [6, 6.07) is 0.667. The Balaban J connectivity index is 1.52. The van der Waals surface area contributed by atoms with Crippen molar-refractivity contribution in [2.75, 3.05) is 4.43 Å². The van der Waals surface area contributed by atoms with Gasteiger partial charge >= 0.3 is 111 Å². The number of rotatable bonds is 4. The second kappa shape index (κ2) is 4.44. The zero-order valence-corrected chi connectivity index (χ0v) is 12.2. The van der Waals surface area contributed by atoms with E-state index in [1.54, 1.807) is 0 Å². The van der Waals surface area contributed by atoms with Gasteiger partial charge < -0.3 is 0 Å². The van der Waals surface area contributed by atoms with Crippen LogP contribution in [-0.4, -0.2) is 24.0 Å². The Labute approximate surface area is 111 Å². The Kier molecular flexibility index (Phi) is 2.94. The maximum atomic E-state index is 4.40.